The molecule has 1 rings (SSSR count). The van der Waals surface area contributed by atoms with E-state index in [9.17, 15) is 41.0 Å². The molecule has 17 heteroatoms. The molecule has 254 valence electrons. The number of unbranched alkanes of at least 4 members (excludes halogenated alkanes) is 5. The van der Waals surface area contributed by atoms with Crippen LogP contribution in [0.5, 0.6) is 5.75 Å². The highest BCUT2D eigenvalue weighted by molar-refractivity contribution is 5.87. The number of alkyl halides is 6. The van der Waals surface area contributed by atoms with Gasteiger partial charge in [0.15, 0.2) is 0 Å². The van der Waals surface area contributed by atoms with Gasteiger partial charge in [-0.25, -0.2) is 9.59 Å². The van der Waals surface area contributed by atoms with E-state index in [1.165, 1.54) is 25.7 Å². The number of carbonyl (C=O) groups excluding carboxylic acids is 2. The molecule has 0 unspecified atom stereocenters. The molecule has 0 radical (unpaired) electrons. The summed E-state index contributed by atoms with van der Waals surface area (Å²) in [6.07, 6.45) is -1.58. The molecule has 11 nitrogen and oxygen atoms in total. The van der Waals surface area contributed by atoms with Crippen LogP contribution in [0.4, 0.5) is 26.3 Å². The van der Waals surface area contributed by atoms with Crippen LogP contribution in [-0.2, 0) is 25.6 Å². The number of carboxylic acids is 2. The summed E-state index contributed by atoms with van der Waals surface area (Å²) in [5, 5.41) is 32.8. The normalized spacial score (nSPS) is 11.6. The predicted octanol–water partition coefficient (Wildman–Crippen LogP) is 3.49. The molecule has 1 aromatic carbocycles. The van der Waals surface area contributed by atoms with Crippen LogP contribution in [0, 0.1) is 0 Å². The number of carboxylic acid groups (broad SMARTS) is 2. The molecule has 44 heavy (non-hydrogen) atoms. The van der Waals surface area contributed by atoms with E-state index in [4.69, 9.17) is 25.5 Å². The zero-order valence-corrected chi connectivity index (χ0v) is 24.4. The topological polar surface area (TPSA) is 191 Å². The maximum absolute atomic E-state index is 12.6. The Morgan fingerprint density at radius 1 is 0.773 bits per heavy atom. The van der Waals surface area contributed by atoms with Crippen LogP contribution < -0.4 is 21.7 Å². The number of carbonyl (C=O) groups is 4. The lowest BCUT2D eigenvalue weighted by Crippen LogP contribution is -2.48. The fraction of sp³-hybridized carbons (Fsp3) is 0.630. The molecular weight excluding hydrogens is 606 g/mol. The number of nitrogens with two attached hydrogens (primary N) is 1. The van der Waals surface area contributed by atoms with Gasteiger partial charge in [0.05, 0.1) is 0 Å². The van der Waals surface area contributed by atoms with E-state index in [0.717, 1.165) is 44.5 Å². The van der Waals surface area contributed by atoms with Crippen molar-refractivity contribution in [2.24, 2.45) is 5.73 Å². The number of benzene rings is 1. The molecule has 0 aliphatic heterocycles. The third kappa shape index (κ3) is 24.9. The standard InChI is InChI=1S/C23H40N4O3.2C2HF3O2/c1-2-22(29)27-21(18-19-10-12-20(28)13-11-19)23(30)26-17-8-6-4-3-5-7-15-25-16-9-14-24;2*3-2(4,5)1(6)7/h10-13,21,25,28H,2-9,14-18,24H2,1H3,(H,26,30)(H,27,29);2*(H,6,7)/t21-;;/m0../s1. The summed E-state index contributed by atoms with van der Waals surface area (Å²) in [5.41, 5.74) is 6.35. The lowest BCUT2D eigenvalue weighted by Gasteiger charge is -2.18. The van der Waals surface area contributed by atoms with E-state index in [1.54, 1.807) is 31.2 Å². The van der Waals surface area contributed by atoms with Gasteiger partial charge in [0.25, 0.3) is 0 Å². The monoisotopic (exact) mass is 648 g/mol. The summed E-state index contributed by atoms with van der Waals surface area (Å²) in [7, 11) is 0. The number of rotatable bonds is 17. The van der Waals surface area contributed by atoms with Gasteiger partial charge in [-0.05, 0) is 56.6 Å². The lowest BCUT2D eigenvalue weighted by molar-refractivity contribution is -0.193. The Hall–Kier alpha value is -3.60. The molecule has 0 aliphatic rings. The van der Waals surface area contributed by atoms with Gasteiger partial charge in [-0.2, -0.15) is 26.3 Å². The van der Waals surface area contributed by atoms with Crippen molar-refractivity contribution < 1.29 is 60.8 Å². The Kier molecular flexibility index (Phi) is 23.0. The van der Waals surface area contributed by atoms with E-state index >= 15 is 0 Å². The molecule has 0 spiro atoms. The van der Waals surface area contributed by atoms with Crippen LogP contribution in [0.3, 0.4) is 0 Å². The number of halogens is 6. The van der Waals surface area contributed by atoms with E-state index in [-0.39, 0.29) is 17.6 Å². The molecule has 0 aliphatic carbocycles. The van der Waals surface area contributed by atoms with Crippen LogP contribution in [0.1, 0.15) is 63.9 Å². The fourth-order valence-electron chi connectivity index (χ4n) is 3.14. The minimum atomic E-state index is -5.08. The van der Waals surface area contributed by atoms with Crippen molar-refractivity contribution in [2.75, 3.05) is 26.2 Å². The highest BCUT2D eigenvalue weighted by atomic mass is 19.4. The van der Waals surface area contributed by atoms with Gasteiger partial charge in [-0.1, -0.05) is 44.7 Å². The van der Waals surface area contributed by atoms with E-state index in [2.05, 4.69) is 16.0 Å². The summed E-state index contributed by atoms with van der Waals surface area (Å²) < 4.78 is 63.5. The Bertz CT molecular complexity index is 938. The second-order valence-electron chi connectivity index (χ2n) is 9.25. The van der Waals surface area contributed by atoms with Crippen LogP contribution in [-0.4, -0.2) is 83.6 Å². The predicted molar refractivity (Wildman–Crippen MR) is 149 cm³/mol. The van der Waals surface area contributed by atoms with Crippen molar-refractivity contribution in [1.82, 2.24) is 16.0 Å². The van der Waals surface area contributed by atoms with E-state index in [0.29, 0.717) is 19.4 Å². The van der Waals surface area contributed by atoms with Gasteiger partial charge in [-0.15, -0.1) is 0 Å². The van der Waals surface area contributed by atoms with Crippen LogP contribution >= 0.6 is 0 Å². The zero-order chi connectivity index (χ0) is 34.2. The molecule has 0 saturated carbocycles. The van der Waals surface area contributed by atoms with Crippen molar-refractivity contribution in [3.63, 3.8) is 0 Å². The van der Waals surface area contributed by atoms with Crippen molar-refractivity contribution >= 4 is 23.8 Å². The van der Waals surface area contributed by atoms with Gasteiger partial charge in [-0.3, -0.25) is 9.59 Å². The van der Waals surface area contributed by atoms with E-state index < -0.39 is 30.3 Å². The fourth-order valence-corrected chi connectivity index (χ4v) is 3.14. The average molecular weight is 649 g/mol. The number of hydrogen-bond acceptors (Lipinski definition) is 7. The maximum Gasteiger partial charge on any atom is 0.490 e. The van der Waals surface area contributed by atoms with Gasteiger partial charge >= 0.3 is 24.3 Å². The molecular formula is C27H42F6N4O7. The molecule has 0 saturated heterocycles. The highest BCUT2D eigenvalue weighted by Crippen LogP contribution is 2.14. The van der Waals surface area contributed by atoms with Crippen LogP contribution in [0.25, 0.3) is 0 Å². The Morgan fingerprint density at radius 2 is 1.20 bits per heavy atom. The molecule has 1 atom stereocenters. The molecule has 1 aromatic rings. The minimum absolute atomic E-state index is 0.147. The summed E-state index contributed by atoms with van der Waals surface area (Å²) >= 11 is 0. The second kappa shape index (κ2) is 23.8. The third-order valence-electron chi connectivity index (χ3n) is 5.47. The smallest absolute Gasteiger partial charge is 0.490 e. The molecule has 8 N–H and O–H groups in total. The third-order valence-corrected chi connectivity index (χ3v) is 5.47. The summed E-state index contributed by atoms with van der Waals surface area (Å²) in [6.45, 7) is 5.19. The van der Waals surface area contributed by atoms with Gasteiger partial charge in [0.2, 0.25) is 11.8 Å². The molecule has 0 heterocycles. The van der Waals surface area contributed by atoms with Crippen molar-refractivity contribution in [2.45, 2.75) is 83.1 Å². The largest absolute Gasteiger partial charge is 0.508 e. The SMILES string of the molecule is CCC(=O)N[C@@H](Cc1ccc(O)cc1)C(=O)NCCCCCCCCNCCCN.O=C(O)C(F)(F)F.O=C(O)C(F)(F)F. The Balaban J connectivity index is 0. The number of aromatic hydroxyl groups is 1. The summed E-state index contributed by atoms with van der Waals surface area (Å²) in [4.78, 5) is 42.2. The molecule has 0 aromatic heterocycles. The Morgan fingerprint density at radius 3 is 1.64 bits per heavy atom. The first-order chi connectivity index (χ1) is 20.4. The first-order valence-corrected chi connectivity index (χ1v) is 13.8. The first-order valence-electron chi connectivity index (χ1n) is 13.8. The van der Waals surface area contributed by atoms with E-state index in [1.807, 2.05) is 0 Å². The second-order valence-corrected chi connectivity index (χ2v) is 9.25. The average Bonchev–Trinajstić information content (AvgIpc) is 2.93. The lowest BCUT2D eigenvalue weighted by atomic mass is 10.0. The van der Waals surface area contributed by atoms with Crippen molar-refractivity contribution in [1.29, 1.82) is 0 Å². The number of amides is 2. The number of aliphatic carboxylic acids is 2. The number of phenols is 1. The number of nitrogens with one attached hydrogen (secondary N) is 3. The summed E-state index contributed by atoms with van der Waals surface area (Å²) in [5.74, 6) is -5.64. The quantitative estimate of drug-likeness (QED) is 0.0979. The molecule has 2 amide bonds. The number of phenolic OH excluding ortho intramolecular Hbond substituents is 1. The summed E-state index contributed by atoms with van der Waals surface area (Å²) in [6, 6.07) is 6.10. The van der Waals surface area contributed by atoms with Crippen molar-refractivity contribution in [3.05, 3.63) is 29.8 Å². The molecule has 0 fully saturated rings. The zero-order valence-electron chi connectivity index (χ0n) is 24.4. The first kappa shape index (κ1) is 42.5. The Labute approximate surface area is 251 Å². The van der Waals surface area contributed by atoms with Crippen LogP contribution in [0.15, 0.2) is 24.3 Å². The van der Waals surface area contributed by atoms with Gasteiger partial charge in [0.1, 0.15) is 11.8 Å². The minimum Gasteiger partial charge on any atom is -0.508 e. The maximum atomic E-state index is 12.6. The van der Waals surface area contributed by atoms with Crippen molar-refractivity contribution in [3.8, 4) is 5.75 Å². The van der Waals surface area contributed by atoms with Gasteiger partial charge in [0, 0.05) is 19.4 Å². The highest BCUT2D eigenvalue weighted by Gasteiger charge is 2.38. The number of hydrogen-bond donors (Lipinski definition) is 7. The molecule has 0 bridgehead atoms. The van der Waals surface area contributed by atoms with Gasteiger partial charge < -0.3 is 37.0 Å². The van der Waals surface area contributed by atoms with Crippen LogP contribution in [0.2, 0.25) is 0 Å².